The third kappa shape index (κ3) is 3.40. The van der Waals surface area contributed by atoms with Crippen LogP contribution in [0.25, 0.3) is 22.2 Å². The second-order valence-electron chi connectivity index (χ2n) is 4.48. The molecule has 2 nitrogen and oxygen atoms in total. The molecule has 0 amide bonds. The summed E-state index contributed by atoms with van der Waals surface area (Å²) < 4.78 is 0. The Hall–Kier alpha value is -2.48. The van der Waals surface area contributed by atoms with Crippen molar-refractivity contribution in [3.05, 3.63) is 75.9 Å². The smallest absolute Gasteiger partial charge is 0.134 e. The fraction of sp³-hybridized carbons (Fsp3) is 0. The maximum absolute atomic E-state index is 9.33. The van der Waals surface area contributed by atoms with Gasteiger partial charge in [0.15, 0.2) is 0 Å². The van der Waals surface area contributed by atoms with Gasteiger partial charge in [-0.1, -0.05) is 48.6 Å². The van der Waals surface area contributed by atoms with Crippen LogP contribution < -0.4 is 0 Å². The van der Waals surface area contributed by atoms with Crippen LogP contribution in [0.4, 0.5) is 0 Å². The molecule has 0 unspecified atom stereocenters. The lowest BCUT2D eigenvalue weighted by molar-refractivity contribution is 1.38. The monoisotopic (exact) mass is 320 g/mol. The number of nitriles is 1. The second-order valence-corrected chi connectivity index (χ2v) is 6.28. The Morgan fingerprint density at radius 2 is 1.95 bits per heavy atom. The highest BCUT2D eigenvalue weighted by Crippen LogP contribution is 2.28. The zero-order chi connectivity index (χ0) is 15.2. The van der Waals surface area contributed by atoms with Crippen LogP contribution in [0.1, 0.15) is 10.6 Å². The fourth-order valence-electron chi connectivity index (χ4n) is 1.91. The minimum Gasteiger partial charge on any atom is -0.234 e. The van der Waals surface area contributed by atoms with Gasteiger partial charge in [-0.05, 0) is 23.1 Å². The van der Waals surface area contributed by atoms with Gasteiger partial charge in [0.2, 0.25) is 0 Å². The van der Waals surface area contributed by atoms with E-state index < -0.39 is 0 Å². The molecule has 2 heterocycles. The summed E-state index contributed by atoms with van der Waals surface area (Å²) in [6.07, 6.45) is 5.68. The van der Waals surface area contributed by atoms with Crippen LogP contribution >= 0.6 is 22.7 Å². The maximum atomic E-state index is 9.33. The van der Waals surface area contributed by atoms with Gasteiger partial charge in [0, 0.05) is 5.38 Å². The number of thiophene rings is 1. The summed E-state index contributed by atoms with van der Waals surface area (Å²) in [5.74, 6) is 0. The Balaban J connectivity index is 1.81. The number of allylic oxidation sites excluding steroid dienone is 3. The average molecular weight is 320 g/mol. The standard InChI is InChI=1S/C18H12N2S2/c19-12-15(9-4-8-14-6-2-1-3-7-14)18-20-16(13-22-18)17-10-5-11-21-17/h1-11,13H. The molecule has 0 N–H and O–H groups in total. The fourth-order valence-corrected chi connectivity index (χ4v) is 3.47. The van der Waals surface area contributed by atoms with E-state index in [1.807, 2.05) is 71.5 Å². The van der Waals surface area contributed by atoms with Crippen molar-refractivity contribution in [2.24, 2.45) is 0 Å². The molecule has 2 aromatic heterocycles. The third-order valence-electron chi connectivity index (χ3n) is 2.98. The SMILES string of the molecule is N#CC(=CC=Cc1ccccc1)c1nc(-c2cccs2)cs1. The van der Waals surface area contributed by atoms with Gasteiger partial charge in [0.1, 0.15) is 11.1 Å². The molecule has 0 fully saturated rings. The first kappa shape index (κ1) is 14.5. The van der Waals surface area contributed by atoms with E-state index in [9.17, 15) is 5.26 Å². The summed E-state index contributed by atoms with van der Waals surface area (Å²) in [5.41, 5.74) is 2.62. The molecule has 106 valence electrons. The lowest BCUT2D eigenvalue weighted by Crippen LogP contribution is -1.80. The summed E-state index contributed by atoms with van der Waals surface area (Å²) in [4.78, 5) is 5.68. The minimum atomic E-state index is 0.583. The number of aromatic nitrogens is 1. The quantitative estimate of drug-likeness (QED) is 0.470. The molecule has 3 rings (SSSR count). The van der Waals surface area contributed by atoms with E-state index in [1.54, 1.807) is 11.3 Å². The molecule has 22 heavy (non-hydrogen) atoms. The molecule has 0 bridgehead atoms. The molecule has 0 saturated heterocycles. The number of nitrogens with zero attached hydrogens (tertiary/aromatic N) is 2. The third-order valence-corrected chi connectivity index (χ3v) is 4.75. The molecule has 0 aliphatic carbocycles. The van der Waals surface area contributed by atoms with E-state index in [2.05, 4.69) is 11.1 Å². The summed E-state index contributed by atoms with van der Waals surface area (Å²) in [6.45, 7) is 0. The van der Waals surface area contributed by atoms with Gasteiger partial charge in [-0.2, -0.15) is 5.26 Å². The van der Waals surface area contributed by atoms with Gasteiger partial charge in [-0.15, -0.1) is 22.7 Å². The van der Waals surface area contributed by atoms with Gasteiger partial charge < -0.3 is 0 Å². The summed E-state index contributed by atoms with van der Waals surface area (Å²) in [7, 11) is 0. The number of thiazole rings is 1. The lowest BCUT2D eigenvalue weighted by Gasteiger charge is -1.92. The maximum Gasteiger partial charge on any atom is 0.134 e. The molecular weight excluding hydrogens is 308 g/mol. The van der Waals surface area contributed by atoms with Gasteiger partial charge in [0.05, 0.1) is 16.1 Å². The molecule has 1 aromatic carbocycles. The Labute approximate surface area is 137 Å². The minimum absolute atomic E-state index is 0.583. The molecule has 0 aliphatic heterocycles. The highest BCUT2D eigenvalue weighted by Gasteiger charge is 2.08. The molecule has 0 spiro atoms. The number of rotatable bonds is 4. The first-order valence-electron chi connectivity index (χ1n) is 6.70. The topological polar surface area (TPSA) is 36.7 Å². The van der Waals surface area contributed by atoms with Crippen molar-refractivity contribution in [1.82, 2.24) is 4.98 Å². The van der Waals surface area contributed by atoms with E-state index in [4.69, 9.17) is 0 Å². The van der Waals surface area contributed by atoms with Crippen molar-refractivity contribution in [1.29, 1.82) is 5.26 Å². The van der Waals surface area contributed by atoms with E-state index in [0.717, 1.165) is 21.1 Å². The van der Waals surface area contributed by atoms with Crippen molar-refractivity contribution in [3.8, 4) is 16.6 Å². The zero-order valence-electron chi connectivity index (χ0n) is 11.6. The van der Waals surface area contributed by atoms with Crippen molar-refractivity contribution in [2.45, 2.75) is 0 Å². The predicted molar refractivity (Wildman–Crippen MR) is 94.5 cm³/mol. The summed E-state index contributed by atoms with van der Waals surface area (Å²) in [5, 5.41) is 14.1. The van der Waals surface area contributed by atoms with Gasteiger partial charge in [0.25, 0.3) is 0 Å². The average Bonchev–Trinajstić information content (AvgIpc) is 3.23. The molecule has 0 aliphatic rings. The Kier molecular flexibility index (Phi) is 4.59. The predicted octanol–water partition coefficient (Wildman–Crippen LogP) is 5.49. The van der Waals surface area contributed by atoms with Crippen LogP contribution in [-0.4, -0.2) is 4.98 Å². The number of hydrogen-bond donors (Lipinski definition) is 0. The second kappa shape index (κ2) is 6.99. The van der Waals surface area contributed by atoms with E-state index in [-0.39, 0.29) is 0 Å². The highest BCUT2D eigenvalue weighted by molar-refractivity contribution is 7.14. The molecule has 0 saturated carbocycles. The molecule has 0 radical (unpaired) electrons. The van der Waals surface area contributed by atoms with Crippen LogP contribution in [-0.2, 0) is 0 Å². The van der Waals surface area contributed by atoms with Crippen LogP contribution in [0, 0.1) is 11.3 Å². The molecule has 0 atom stereocenters. The number of benzene rings is 1. The van der Waals surface area contributed by atoms with Crippen molar-refractivity contribution >= 4 is 34.3 Å². The summed E-state index contributed by atoms with van der Waals surface area (Å²) >= 11 is 3.15. The van der Waals surface area contributed by atoms with Gasteiger partial charge >= 0.3 is 0 Å². The summed E-state index contributed by atoms with van der Waals surface area (Å²) in [6, 6.07) is 16.3. The van der Waals surface area contributed by atoms with Crippen molar-refractivity contribution in [2.75, 3.05) is 0 Å². The molecule has 3 aromatic rings. The first-order chi connectivity index (χ1) is 10.9. The van der Waals surface area contributed by atoms with Crippen LogP contribution in [0.2, 0.25) is 0 Å². The number of hydrogen-bond acceptors (Lipinski definition) is 4. The van der Waals surface area contributed by atoms with Gasteiger partial charge in [-0.25, -0.2) is 4.98 Å². The first-order valence-corrected chi connectivity index (χ1v) is 8.46. The van der Waals surface area contributed by atoms with Crippen LogP contribution in [0.15, 0.2) is 65.4 Å². The Morgan fingerprint density at radius 1 is 1.09 bits per heavy atom. The van der Waals surface area contributed by atoms with Gasteiger partial charge in [-0.3, -0.25) is 0 Å². The highest BCUT2D eigenvalue weighted by atomic mass is 32.1. The van der Waals surface area contributed by atoms with E-state index in [1.165, 1.54) is 11.3 Å². The Bertz CT molecular complexity index is 835. The van der Waals surface area contributed by atoms with E-state index >= 15 is 0 Å². The lowest BCUT2D eigenvalue weighted by atomic mass is 10.2. The van der Waals surface area contributed by atoms with Crippen LogP contribution in [0.3, 0.4) is 0 Å². The van der Waals surface area contributed by atoms with E-state index in [0.29, 0.717) is 5.57 Å². The van der Waals surface area contributed by atoms with Crippen LogP contribution in [0.5, 0.6) is 0 Å². The molecular formula is C18H12N2S2. The largest absolute Gasteiger partial charge is 0.234 e. The van der Waals surface area contributed by atoms with Crippen molar-refractivity contribution in [3.63, 3.8) is 0 Å². The Morgan fingerprint density at radius 3 is 2.68 bits per heavy atom. The normalized spacial score (nSPS) is 11.7. The van der Waals surface area contributed by atoms with Crippen molar-refractivity contribution < 1.29 is 0 Å². The molecule has 4 heteroatoms. The zero-order valence-corrected chi connectivity index (χ0v) is 13.3.